The number of piperazine rings is 1. The Balaban J connectivity index is 2.23. The number of hydrogen-bond donors (Lipinski definition) is 1. The number of nitrogens with one attached hydrogen (secondary N) is 1. The van der Waals surface area contributed by atoms with Crippen LogP contribution in [-0.2, 0) is 0 Å². The molecule has 0 bridgehead atoms. The fourth-order valence-electron chi connectivity index (χ4n) is 2.08. The Bertz CT molecular complexity index is 382. The van der Waals surface area contributed by atoms with Crippen LogP contribution in [0, 0.1) is 6.92 Å². The molecule has 0 aliphatic carbocycles. The van der Waals surface area contributed by atoms with E-state index in [4.69, 9.17) is 0 Å². The zero-order valence-corrected chi connectivity index (χ0v) is 10.5. The van der Waals surface area contributed by atoms with Gasteiger partial charge in [-0.2, -0.15) is 0 Å². The number of nitrogens with zero attached hydrogens (tertiary/aromatic N) is 3. The fraction of sp³-hybridized carbons (Fsp3) is 0.700. The zero-order valence-electron chi connectivity index (χ0n) is 9.73. The van der Waals surface area contributed by atoms with E-state index in [1.807, 2.05) is 11.8 Å². The van der Waals surface area contributed by atoms with E-state index in [2.05, 4.69) is 28.8 Å². The molecule has 1 saturated heterocycles. The SMILES string of the molecule is Cc1nnsc1C(=O)N1C(C)CNCC1C. The van der Waals surface area contributed by atoms with Gasteiger partial charge in [-0.3, -0.25) is 4.79 Å². The lowest BCUT2D eigenvalue weighted by atomic mass is 10.1. The van der Waals surface area contributed by atoms with Crippen molar-refractivity contribution in [3.8, 4) is 0 Å². The summed E-state index contributed by atoms with van der Waals surface area (Å²) >= 11 is 1.18. The summed E-state index contributed by atoms with van der Waals surface area (Å²) in [6.45, 7) is 7.64. The Labute approximate surface area is 99.0 Å². The quantitative estimate of drug-likeness (QED) is 0.784. The maximum atomic E-state index is 12.3. The van der Waals surface area contributed by atoms with Crippen LogP contribution in [-0.4, -0.2) is 45.6 Å². The Kier molecular flexibility index (Phi) is 3.20. The van der Waals surface area contributed by atoms with Crippen molar-refractivity contribution in [1.29, 1.82) is 0 Å². The van der Waals surface area contributed by atoms with E-state index < -0.39 is 0 Å². The molecule has 1 amide bonds. The van der Waals surface area contributed by atoms with Gasteiger partial charge in [0.1, 0.15) is 4.88 Å². The topological polar surface area (TPSA) is 58.1 Å². The van der Waals surface area contributed by atoms with Crippen LogP contribution in [0.1, 0.15) is 29.2 Å². The maximum Gasteiger partial charge on any atom is 0.268 e. The molecule has 1 fully saturated rings. The van der Waals surface area contributed by atoms with Gasteiger partial charge in [-0.05, 0) is 32.3 Å². The molecule has 5 nitrogen and oxygen atoms in total. The van der Waals surface area contributed by atoms with Crippen molar-refractivity contribution in [3.05, 3.63) is 10.6 Å². The van der Waals surface area contributed by atoms with Gasteiger partial charge in [0.15, 0.2) is 0 Å². The predicted octanol–water partition coefficient (Wildman–Crippen LogP) is 0.669. The van der Waals surface area contributed by atoms with Crippen LogP contribution in [0.3, 0.4) is 0 Å². The van der Waals surface area contributed by atoms with Crippen molar-refractivity contribution < 1.29 is 4.79 Å². The second-order valence-electron chi connectivity index (χ2n) is 4.26. The number of carbonyl (C=O) groups excluding carboxylic acids is 1. The summed E-state index contributed by atoms with van der Waals surface area (Å²) in [7, 11) is 0. The summed E-state index contributed by atoms with van der Waals surface area (Å²) in [6, 6.07) is 0.440. The van der Waals surface area contributed by atoms with Crippen molar-refractivity contribution in [2.24, 2.45) is 0 Å². The summed E-state index contributed by atoms with van der Waals surface area (Å²) in [5, 5.41) is 7.20. The molecule has 0 radical (unpaired) electrons. The molecule has 1 N–H and O–H groups in total. The van der Waals surface area contributed by atoms with Crippen molar-refractivity contribution in [3.63, 3.8) is 0 Å². The molecule has 88 valence electrons. The molecule has 0 saturated carbocycles. The molecule has 0 spiro atoms. The Morgan fingerprint density at radius 2 is 2.06 bits per heavy atom. The molecule has 1 aliphatic rings. The van der Waals surface area contributed by atoms with Gasteiger partial charge in [0.05, 0.1) is 5.69 Å². The molecule has 2 rings (SSSR count). The number of aromatic nitrogens is 2. The normalized spacial score (nSPS) is 25.8. The van der Waals surface area contributed by atoms with Crippen LogP contribution in [0.4, 0.5) is 0 Å². The van der Waals surface area contributed by atoms with E-state index in [1.165, 1.54) is 11.5 Å². The highest BCUT2D eigenvalue weighted by Crippen LogP contribution is 2.18. The van der Waals surface area contributed by atoms with Gasteiger partial charge in [-0.15, -0.1) is 5.10 Å². The highest BCUT2D eigenvalue weighted by molar-refractivity contribution is 7.07. The van der Waals surface area contributed by atoms with Crippen LogP contribution >= 0.6 is 11.5 Å². The van der Waals surface area contributed by atoms with Gasteiger partial charge in [-0.1, -0.05) is 4.49 Å². The molecule has 2 unspecified atom stereocenters. The second-order valence-corrected chi connectivity index (χ2v) is 5.01. The van der Waals surface area contributed by atoms with Crippen molar-refractivity contribution >= 4 is 17.4 Å². The largest absolute Gasteiger partial charge is 0.330 e. The molecule has 1 aliphatic heterocycles. The second kappa shape index (κ2) is 4.47. The van der Waals surface area contributed by atoms with E-state index in [1.54, 1.807) is 0 Å². The molecule has 16 heavy (non-hydrogen) atoms. The minimum atomic E-state index is 0.0639. The summed E-state index contributed by atoms with van der Waals surface area (Å²) < 4.78 is 3.82. The summed E-state index contributed by atoms with van der Waals surface area (Å²) in [5.74, 6) is 0.0639. The van der Waals surface area contributed by atoms with Crippen molar-refractivity contribution in [2.75, 3.05) is 13.1 Å². The van der Waals surface area contributed by atoms with Gasteiger partial charge in [0, 0.05) is 25.2 Å². The predicted molar refractivity (Wildman–Crippen MR) is 62.6 cm³/mol. The number of carbonyl (C=O) groups is 1. The molecular weight excluding hydrogens is 224 g/mol. The Morgan fingerprint density at radius 3 is 2.56 bits per heavy atom. The maximum absolute atomic E-state index is 12.3. The van der Waals surface area contributed by atoms with Crippen molar-refractivity contribution in [2.45, 2.75) is 32.9 Å². The summed E-state index contributed by atoms with van der Waals surface area (Å²) in [5.41, 5.74) is 0.730. The smallest absolute Gasteiger partial charge is 0.268 e. The van der Waals surface area contributed by atoms with Gasteiger partial charge in [0.25, 0.3) is 5.91 Å². The highest BCUT2D eigenvalue weighted by atomic mass is 32.1. The number of amides is 1. The van der Waals surface area contributed by atoms with Gasteiger partial charge in [0.2, 0.25) is 0 Å². The van der Waals surface area contributed by atoms with E-state index >= 15 is 0 Å². The standard InChI is InChI=1S/C10H16N4OS/c1-6-4-11-5-7(2)14(6)10(15)9-8(3)12-13-16-9/h6-7,11H,4-5H2,1-3H3. The van der Waals surface area contributed by atoms with E-state index in [9.17, 15) is 4.79 Å². The number of hydrogen-bond acceptors (Lipinski definition) is 5. The minimum absolute atomic E-state index is 0.0639. The third-order valence-electron chi connectivity index (χ3n) is 2.91. The van der Waals surface area contributed by atoms with E-state index in [0.717, 1.165) is 18.8 Å². The fourth-order valence-corrected chi connectivity index (χ4v) is 2.68. The van der Waals surface area contributed by atoms with Crippen LogP contribution in [0.2, 0.25) is 0 Å². The van der Waals surface area contributed by atoms with E-state index in [-0.39, 0.29) is 18.0 Å². The highest BCUT2D eigenvalue weighted by Gasteiger charge is 2.31. The first-order chi connectivity index (χ1) is 7.61. The molecule has 1 aromatic rings. The van der Waals surface area contributed by atoms with Gasteiger partial charge >= 0.3 is 0 Å². The zero-order chi connectivity index (χ0) is 11.7. The van der Waals surface area contributed by atoms with Crippen molar-refractivity contribution in [1.82, 2.24) is 19.8 Å². The lowest BCUT2D eigenvalue weighted by molar-refractivity contribution is 0.0548. The lowest BCUT2D eigenvalue weighted by Crippen LogP contribution is -2.57. The molecule has 2 heterocycles. The Morgan fingerprint density at radius 1 is 1.44 bits per heavy atom. The molecule has 0 aromatic carbocycles. The van der Waals surface area contributed by atoms with Crippen LogP contribution in [0.25, 0.3) is 0 Å². The Hall–Kier alpha value is -1.01. The first-order valence-corrected chi connectivity index (χ1v) is 6.21. The third kappa shape index (κ3) is 1.94. The first-order valence-electron chi connectivity index (χ1n) is 5.43. The van der Waals surface area contributed by atoms with Crippen LogP contribution in [0.15, 0.2) is 0 Å². The molecular formula is C10H16N4OS. The average Bonchev–Trinajstić information content (AvgIpc) is 2.64. The van der Waals surface area contributed by atoms with Crippen LogP contribution in [0.5, 0.6) is 0 Å². The van der Waals surface area contributed by atoms with Gasteiger partial charge < -0.3 is 10.2 Å². The first kappa shape index (κ1) is 11.5. The minimum Gasteiger partial charge on any atom is -0.330 e. The summed E-state index contributed by atoms with van der Waals surface area (Å²) in [4.78, 5) is 14.9. The average molecular weight is 240 g/mol. The monoisotopic (exact) mass is 240 g/mol. The molecule has 6 heteroatoms. The van der Waals surface area contributed by atoms with E-state index in [0.29, 0.717) is 4.88 Å². The third-order valence-corrected chi connectivity index (χ3v) is 3.73. The molecule has 1 aromatic heterocycles. The molecule has 2 atom stereocenters. The summed E-state index contributed by atoms with van der Waals surface area (Å²) in [6.07, 6.45) is 0. The number of aryl methyl sites for hydroxylation is 1. The van der Waals surface area contributed by atoms with Crippen LogP contribution < -0.4 is 5.32 Å². The lowest BCUT2D eigenvalue weighted by Gasteiger charge is -2.39. The number of rotatable bonds is 1. The van der Waals surface area contributed by atoms with Gasteiger partial charge in [-0.25, -0.2) is 0 Å².